The SMILES string of the molecule is COc1ccc([N+](=O)[O-])cc1NC(=O)C[NH+](C)Cc1ccc(C)cc1C. The van der Waals surface area contributed by atoms with Gasteiger partial charge in [0.2, 0.25) is 0 Å². The van der Waals surface area contributed by atoms with E-state index in [2.05, 4.69) is 30.4 Å². The molecular formula is C19H24N3O4+. The highest BCUT2D eigenvalue weighted by Crippen LogP contribution is 2.28. The minimum Gasteiger partial charge on any atom is -0.495 e. The van der Waals surface area contributed by atoms with E-state index in [0.29, 0.717) is 18.0 Å². The first-order valence-corrected chi connectivity index (χ1v) is 8.30. The average Bonchev–Trinajstić information content (AvgIpc) is 2.57. The van der Waals surface area contributed by atoms with E-state index < -0.39 is 4.92 Å². The maximum atomic E-state index is 12.3. The van der Waals surface area contributed by atoms with Crippen LogP contribution < -0.4 is 15.0 Å². The molecule has 0 aliphatic heterocycles. The molecule has 1 atom stereocenters. The maximum Gasteiger partial charge on any atom is 0.279 e. The predicted molar refractivity (Wildman–Crippen MR) is 99.7 cm³/mol. The number of nitrogens with one attached hydrogen (secondary N) is 2. The summed E-state index contributed by atoms with van der Waals surface area (Å²) in [6.07, 6.45) is 0. The van der Waals surface area contributed by atoms with Crippen LogP contribution in [0.2, 0.25) is 0 Å². The van der Waals surface area contributed by atoms with Crippen LogP contribution in [-0.2, 0) is 11.3 Å². The first kappa shape index (κ1) is 19.4. The van der Waals surface area contributed by atoms with Gasteiger partial charge >= 0.3 is 0 Å². The Hall–Kier alpha value is -2.93. The lowest BCUT2D eigenvalue weighted by Crippen LogP contribution is -3.08. The van der Waals surface area contributed by atoms with E-state index in [1.54, 1.807) is 0 Å². The lowest BCUT2D eigenvalue weighted by Gasteiger charge is -2.16. The van der Waals surface area contributed by atoms with Crippen molar-refractivity contribution in [2.45, 2.75) is 20.4 Å². The van der Waals surface area contributed by atoms with Crippen molar-refractivity contribution in [1.29, 1.82) is 0 Å². The Morgan fingerprint density at radius 1 is 1.23 bits per heavy atom. The Bertz CT molecular complexity index is 820. The zero-order valence-electron chi connectivity index (χ0n) is 15.5. The third-order valence-electron chi connectivity index (χ3n) is 4.12. The molecule has 0 fully saturated rings. The van der Waals surface area contributed by atoms with E-state index in [-0.39, 0.29) is 18.1 Å². The lowest BCUT2D eigenvalue weighted by molar-refractivity contribution is -0.885. The van der Waals surface area contributed by atoms with Gasteiger partial charge in [0, 0.05) is 17.7 Å². The van der Waals surface area contributed by atoms with Crippen molar-refractivity contribution >= 4 is 17.3 Å². The summed E-state index contributed by atoms with van der Waals surface area (Å²) in [6, 6.07) is 10.4. The number of likely N-dealkylation sites (N-methyl/N-ethyl adjacent to an activating group) is 1. The number of anilines is 1. The normalized spacial score (nSPS) is 11.7. The molecule has 0 radical (unpaired) electrons. The average molecular weight is 358 g/mol. The minimum atomic E-state index is -0.507. The van der Waals surface area contributed by atoms with E-state index in [9.17, 15) is 14.9 Å². The highest BCUT2D eigenvalue weighted by molar-refractivity contribution is 5.93. The number of rotatable bonds is 7. The molecule has 7 nitrogen and oxygen atoms in total. The molecule has 0 saturated heterocycles. The molecule has 138 valence electrons. The highest BCUT2D eigenvalue weighted by Gasteiger charge is 2.16. The molecule has 0 aromatic heterocycles. The number of benzene rings is 2. The number of hydrogen-bond donors (Lipinski definition) is 2. The van der Waals surface area contributed by atoms with Gasteiger partial charge in [-0.05, 0) is 25.5 Å². The molecule has 1 unspecified atom stereocenters. The van der Waals surface area contributed by atoms with Crippen LogP contribution in [0.5, 0.6) is 5.75 Å². The Morgan fingerprint density at radius 3 is 2.58 bits per heavy atom. The van der Waals surface area contributed by atoms with Gasteiger partial charge in [0.1, 0.15) is 12.3 Å². The van der Waals surface area contributed by atoms with Gasteiger partial charge in [-0.3, -0.25) is 14.9 Å². The van der Waals surface area contributed by atoms with Crippen LogP contribution in [-0.4, -0.2) is 31.5 Å². The first-order chi connectivity index (χ1) is 12.3. The summed E-state index contributed by atoms with van der Waals surface area (Å²) in [7, 11) is 3.39. The number of ether oxygens (including phenoxy) is 1. The largest absolute Gasteiger partial charge is 0.495 e. The van der Waals surface area contributed by atoms with Crippen LogP contribution >= 0.6 is 0 Å². The van der Waals surface area contributed by atoms with Crippen LogP contribution in [0.1, 0.15) is 16.7 Å². The minimum absolute atomic E-state index is 0.0999. The van der Waals surface area contributed by atoms with Crippen molar-refractivity contribution in [3.63, 3.8) is 0 Å². The quantitative estimate of drug-likeness (QED) is 0.584. The van der Waals surface area contributed by atoms with Crippen LogP contribution in [0.25, 0.3) is 0 Å². The van der Waals surface area contributed by atoms with E-state index >= 15 is 0 Å². The van der Waals surface area contributed by atoms with Crippen molar-refractivity contribution in [2.75, 3.05) is 26.0 Å². The standard InChI is InChI=1S/C19H23N3O4/c1-13-5-6-15(14(2)9-13)11-21(3)12-19(23)20-17-10-16(22(24)25)7-8-18(17)26-4/h5-10H,11-12H2,1-4H3,(H,20,23)/p+1. The summed E-state index contributed by atoms with van der Waals surface area (Å²) >= 11 is 0. The highest BCUT2D eigenvalue weighted by atomic mass is 16.6. The van der Waals surface area contributed by atoms with Gasteiger partial charge in [0.15, 0.2) is 6.54 Å². The fourth-order valence-corrected chi connectivity index (χ4v) is 2.81. The summed E-state index contributed by atoms with van der Waals surface area (Å²) in [5, 5.41) is 13.6. The van der Waals surface area contributed by atoms with Gasteiger partial charge in [-0.2, -0.15) is 0 Å². The number of hydrogen-bond acceptors (Lipinski definition) is 4. The number of carbonyl (C=O) groups excluding carboxylic acids is 1. The van der Waals surface area contributed by atoms with Gasteiger partial charge in [-0.25, -0.2) is 0 Å². The van der Waals surface area contributed by atoms with Gasteiger partial charge in [0.05, 0.1) is 24.8 Å². The van der Waals surface area contributed by atoms with Crippen molar-refractivity contribution in [3.8, 4) is 5.75 Å². The maximum absolute atomic E-state index is 12.3. The second kappa shape index (κ2) is 8.44. The molecule has 7 heteroatoms. The lowest BCUT2D eigenvalue weighted by atomic mass is 10.1. The van der Waals surface area contributed by atoms with Crippen molar-refractivity contribution in [2.24, 2.45) is 0 Å². The van der Waals surface area contributed by atoms with Gasteiger partial charge in [-0.15, -0.1) is 0 Å². The number of carbonyl (C=O) groups is 1. The zero-order chi connectivity index (χ0) is 19.3. The number of aryl methyl sites for hydroxylation is 2. The Balaban J connectivity index is 2.03. The Morgan fingerprint density at radius 2 is 1.96 bits per heavy atom. The third kappa shape index (κ3) is 5.03. The summed E-state index contributed by atoms with van der Waals surface area (Å²) in [5.41, 5.74) is 3.79. The fourth-order valence-electron chi connectivity index (χ4n) is 2.81. The van der Waals surface area contributed by atoms with E-state index in [1.165, 1.54) is 42.0 Å². The number of quaternary nitrogens is 1. The van der Waals surface area contributed by atoms with Crippen LogP contribution in [0, 0.1) is 24.0 Å². The molecule has 0 bridgehead atoms. The monoisotopic (exact) mass is 358 g/mol. The van der Waals surface area contributed by atoms with Crippen molar-refractivity contribution < 1.29 is 19.4 Å². The topological polar surface area (TPSA) is 85.9 Å². The molecular weight excluding hydrogens is 334 g/mol. The predicted octanol–water partition coefficient (Wildman–Crippen LogP) is 1.87. The molecule has 0 aliphatic rings. The molecule has 2 aromatic rings. The number of methoxy groups -OCH3 is 1. The van der Waals surface area contributed by atoms with E-state index in [0.717, 1.165) is 4.90 Å². The smallest absolute Gasteiger partial charge is 0.279 e. The summed E-state index contributed by atoms with van der Waals surface area (Å²) in [5.74, 6) is 0.155. The molecule has 2 aromatic carbocycles. The molecule has 2 rings (SSSR count). The Kier molecular flexibility index (Phi) is 6.30. The number of non-ortho nitro benzene ring substituents is 1. The molecule has 26 heavy (non-hydrogen) atoms. The molecule has 1 amide bonds. The second-order valence-corrected chi connectivity index (χ2v) is 6.43. The van der Waals surface area contributed by atoms with Crippen LogP contribution in [0.4, 0.5) is 11.4 Å². The van der Waals surface area contributed by atoms with Crippen LogP contribution in [0.3, 0.4) is 0 Å². The number of nitro benzene ring substituents is 1. The number of amides is 1. The molecule has 0 aliphatic carbocycles. The van der Waals surface area contributed by atoms with Gasteiger partial charge < -0.3 is 15.0 Å². The second-order valence-electron chi connectivity index (χ2n) is 6.43. The van der Waals surface area contributed by atoms with Crippen LogP contribution in [0.15, 0.2) is 36.4 Å². The van der Waals surface area contributed by atoms with Crippen molar-refractivity contribution in [3.05, 3.63) is 63.2 Å². The van der Waals surface area contributed by atoms with Gasteiger partial charge in [-0.1, -0.05) is 23.8 Å². The summed E-state index contributed by atoms with van der Waals surface area (Å²) in [6.45, 7) is 5.06. The molecule has 2 N–H and O–H groups in total. The molecule has 0 spiro atoms. The first-order valence-electron chi connectivity index (χ1n) is 8.30. The number of nitro groups is 1. The van der Waals surface area contributed by atoms with Gasteiger partial charge in [0.25, 0.3) is 11.6 Å². The summed E-state index contributed by atoms with van der Waals surface area (Å²) in [4.78, 5) is 23.8. The van der Waals surface area contributed by atoms with E-state index in [4.69, 9.17) is 4.74 Å². The number of nitrogens with zero attached hydrogens (tertiary/aromatic N) is 1. The molecule has 0 saturated carbocycles. The summed E-state index contributed by atoms with van der Waals surface area (Å²) < 4.78 is 5.16. The van der Waals surface area contributed by atoms with Crippen molar-refractivity contribution in [1.82, 2.24) is 0 Å². The Labute approximate surface area is 152 Å². The van der Waals surface area contributed by atoms with E-state index in [1.807, 2.05) is 14.0 Å². The third-order valence-corrected chi connectivity index (χ3v) is 4.12. The zero-order valence-corrected chi connectivity index (χ0v) is 15.5. The fraction of sp³-hybridized carbons (Fsp3) is 0.316. The molecule has 0 heterocycles.